The van der Waals surface area contributed by atoms with Crippen molar-refractivity contribution in [3.63, 3.8) is 0 Å². The van der Waals surface area contributed by atoms with Crippen molar-refractivity contribution in [1.29, 1.82) is 5.26 Å². The minimum atomic E-state index is 0.554. The van der Waals surface area contributed by atoms with Crippen LogP contribution in [0.4, 0.5) is 5.69 Å². The molecule has 0 saturated heterocycles. The molecule has 0 aliphatic rings. The minimum Gasteiger partial charge on any atom is -0.464 e. The molecule has 0 unspecified atom stereocenters. The van der Waals surface area contributed by atoms with Crippen molar-refractivity contribution in [1.82, 2.24) is 0 Å². The number of nitrogens with zero attached hydrogens (tertiary/aromatic N) is 1. The number of furan rings is 1. The van der Waals surface area contributed by atoms with Crippen molar-refractivity contribution in [2.24, 2.45) is 0 Å². The van der Waals surface area contributed by atoms with Crippen molar-refractivity contribution in [3.05, 3.63) is 42.2 Å². The number of anilines is 1. The molecule has 14 heavy (non-hydrogen) atoms. The Morgan fingerprint density at radius 1 is 1.29 bits per heavy atom. The largest absolute Gasteiger partial charge is 0.464 e. The van der Waals surface area contributed by atoms with Crippen molar-refractivity contribution >= 4 is 5.69 Å². The van der Waals surface area contributed by atoms with E-state index in [1.165, 1.54) is 0 Å². The number of rotatable bonds is 1. The van der Waals surface area contributed by atoms with E-state index < -0.39 is 0 Å². The maximum Gasteiger partial charge on any atom is 0.135 e. The van der Waals surface area contributed by atoms with Gasteiger partial charge in [0.1, 0.15) is 5.76 Å². The van der Waals surface area contributed by atoms with E-state index in [1.54, 1.807) is 30.5 Å². The van der Waals surface area contributed by atoms with E-state index in [0.29, 0.717) is 17.0 Å². The molecule has 3 nitrogen and oxygen atoms in total. The van der Waals surface area contributed by atoms with Gasteiger partial charge in [-0.1, -0.05) is 0 Å². The lowest BCUT2D eigenvalue weighted by Crippen LogP contribution is -1.89. The smallest absolute Gasteiger partial charge is 0.135 e. The summed E-state index contributed by atoms with van der Waals surface area (Å²) in [4.78, 5) is 0. The Morgan fingerprint density at radius 3 is 2.71 bits per heavy atom. The molecule has 0 aliphatic heterocycles. The fraction of sp³-hybridized carbons (Fsp3) is 0. The zero-order chi connectivity index (χ0) is 9.97. The molecule has 68 valence electrons. The Bertz CT molecular complexity index is 480. The summed E-state index contributed by atoms with van der Waals surface area (Å²) in [5.74, 6) is 0.715. The van der Waals surface area contributed by atoms with Gasteiger partial charge in [-0.05, 0) is 30.3 Å². The highest BCUT2D eigenvalue weighted by atomic mass is 16.3. The maximum absolute atomic E-state index is 8.65. The molecule has 0 atom stereocenters. The Morgan fingerprint density at radius 2 is 2.14 bits per heavy atom. The summed E-state index contributed by atoms with van der Waals surface area (Å²) >= 11 is 0. The minimum absolute atomic E-state index is 0.554. The van der Waals surface area contributed by atoms with E-state index in [-0.39, 0.29) is 0 Å². The first kappa shape index (κ1) is 8.39. The number of nitrogens with two attached hydrogens (primary N) is 1. The summed E-state index contributed by atoms with van der Waals surface area (Å²) < 4.78 is 5.21. The molecule has 1 aromatic heterocycles. The topological polar surface area (TPSA) is 63.0 Å². The molecule has 1 heterocycles. The van der Waals surface area contributed by atoms with Crippen LogP contribution in [-0.4, -0.2) is 0 Å². The molecular weight excluding hydrogens is 176 g/mol. The molecule has 3 heteroatoms. The van der Waals surface area contributed by atoms with Gasteiger partial charge in [0.05, 0.1) is 17.9 Å². The van der Waals surface area contributed by atoms with Gasteiger partial charge in [-0.2, -0.15) is 5.26 Å². The third-order valence-electron chi connectivity index (χ3n) is 1.97. The molecule has 0 spiro atoms. The lowest BCUT2D eigenvalue weighted by Gasteiger charge is -2.01. The van der Waals surface area contributed by atoms with Gasteiger partial charge >= 0.3 is 0 Å². The summed E-state index contributed by atoms with van der Waals surface area (Å²) in [5, 5.41) is 8.65. The normalized spacial score (nSPS) is 9.64. The Balaban J connectivity index is 2.52. The number of benzene rings is 1. The van der Waals surface area contributed by atoms with Crippen molar-refractivity contribution in [2.75, 3.05) is 5.73 Å². The van der Waals surface area contributed by atoms with E-state index in [2.05, 4.69) is 0 Å². The zero-order valence-corrected chi connectivity index (χ0v) is 7.40. The maximum atomic E-state index is 8.65. The van der Waals surface area contributed by atoms with Gasteiger partial charge in [0.2, 0.25) is 0 Å². The highest BCUT2D eigenvalue weighted by molar-refractivity contribution is 5.73. The third kappa shape index (κ3) is 1.34. The fourth-order valence-electron chi connectivity index (χ4n) is 1.29. The molecule has 2 N–H and O–H groups in total. The van der Waals surface area contributed by atoms with Crippen LogP contribution >= 0.6 is 0 Å². The van der Waals surface area contributed by atoms with Gasteiger partial charge in [0.15, 0.2) is 0 Å². The second-order valence-corrected chi connectivity index (χ2v) is 2.89. The quantitative estimate of drug-likeness (QED) is 0.692. The molecule has 2 rings (SSSR count). The van der Waals surface area contributed by atoms with E-state index in [1.807, 2.05) is 12.1 Å². The third-order valence-corrected chi connectivity index (χ3v) is 1.97. The van der Waals surface area contributed by atoms with Gasteiger partial charge in [0.25, 0.3) is 0 Å². The fourth-order valence-corrected chi connectivity index (χ4v) is 1.29. The molecule has 0 bridgehead atoms. The van der Waals surface area contributed by atoms with E-state index in [9.17, 15) is 0 Å². The molecule has 2 aromatic rings. The second-order valence-electron chi connectivity index (χ2n) is 2.89. The molecule has 0 radical (unpaired) electrons. The van der Waals surface area contributed by atoms with Crippen LogP contribution in [-0.2, 0) is 0 Å². The summed E-state index contributed by atoms with van der Waals surface area (Å²) in [6, 6.07) is 10.8. The standard InChI is InChI=1S/C11H8N2O/c12-7-8-3-4-9(10(13)6-8)11-2-1-5-14-11/h1-6H,13H2. The van der Waals surface area contributed by atoms with Crippen molar-refractivity contribution in [3.8, 4) is 17.4 Å². The second kappa shape index (κ2) is 3.27. The average molecular weight is 184 g/mol. The predicted octanol–water partition coefficient (Wildman–Crippen LogP) is 2.40. The molecular formula is C11H8N2O. The van der Waals surface area contributed by atoms with E-state index in [0.717, 1.165) is 5.56 Å². The molecule has 0 saturated carbocycles. The van der Waals surface area contributed by atoms with Crippen LogP contribution in [0.1, 0.15) is 5.56 Å². The average Bonchev–Trinajstić information content (AvgIpc) is 2.70. The van der Waals surface area contributed by atoms with Gasteiger partial charge in [0, 0.05) is 11.3 Å². The van der Waals surface area contributed by atoms with Gasteiger partial charge in [-0.3, -0.25) is 0 Å². The van der Waals surface area contributed by atoms with E-state index in [4.69, 9.17) is 15.4 Å². The summed E-state index contributed by atoms with van der Waals surface area (Å²) in [7, 11) is 0. The molecule has 1 aromatic carbocycles. The van der Waals surface area contributed by atoms with Crippen molar-refractivity contribution < 1.29 is 4.42 Å². The number of nitrogen functional groups attached to an aromatic ring is 1. The van der Waals surface area contributed by atoms with Crippen LogP contribution in [0, 0.1) is 11.3 Å². The predicted molar refractivity (Wildman–Crippen MR) is 53.3 cm³/mol. The van der Waals surface area contributed by atoms with Crippen LogP contribution in [0.2, 0.25) is 0 Å². The zero-order valence-electron chi connectivity index (χ0n) is 7.40. The SMILES string of the molecule is N#Cc1ccc(-c2ccco2)c(N)c1. The molecule has 0 amide bonds. The first-order chi connectivity index (χ1) is 6.81. The van der Waals surface area contributed by atoms with Gasteiger partial charge in [-0.25, -0.2) is 0 Å². The molecule has 0 fully saturated rings. The first-order valence-corrected chi connectivity index (χ1v) is 4.15. The summed E-state index contributed by atoms with van der Waals surface area (Å²) in [5.41, 5.74) is 7.70. The van der Waals surface area contributed by atoms with Crippen molar-refractivity contribution in [2.45, 2.75) is 0 Å². The monoisotopic (exact) mass is 184 g/mol. The van der Waals surface area contributed by atoms with Crippen LogP contribution in [0.3, 0.4) is 0 Å². The lowest BCUT2D eigenvalue weighted by molar-refractivity contribution is 0.582. The van der Waals surface area contributed by atoms with Crippen LogP contribution in [0.5, 0.6) is 0 Å². The highest BCUT2D eigenvalue weighted by Crippen LogP contribution is 2.26. The Labute approximate surface area is 81.4 Å². The van der Waals surface area contributed by atoms with Crippen LogP contribution < -0.4 is 5.73 Å². The number of hydrogen-bond acceptors (Lipinski definition) is 3. The summed E-state index contributed by atoms with van der Waals surface area (Å²) in [6.45, 7) is 0. The lowest BCUT2D eigenvalue weighted by atomic mass is 10.1. The Kier molecular flexibility index (Phi) is 1.96. The highest BCUT2D eigenvalue weighted by Gasteiger charge is 2.05. The first-order valence-electron chi connectivity index (χ1n) is 4.15. The van der Waals surface area contributed by atoms with Gasteiger partial charge in [-0.15, -0.1) is 0 Å². The number of hydrogen-bond donors (Lipinski definition) is 1. The molecule has 0 aliphatic carbocycles. The van der Waals surface area contributed by atoms with Crippen LogP contribution in [0.25, 0.3) is 11.3 Å². The number of nitriles is 1. The van der Waals surface area contributed by atoms with Crippen LogP contribution in [0.15, 0.2) is 41.0 Å². The Hall–Kier alpha value is -2.21. The van der Waals surface area contributed by atoms with E-state index >= 15 is 0 Å². The summed E-state index contributed by atoms with van der Waals surface area (Å²) in [6.07, 6.45) is 1.59. The van der Waals surface area contributed by atoms with Gasteiger partial charge < -0.3 is 10.2 Å².